The van der Waals surface area contributed by atoms with Crippen molar-refractivity contribution in [3.05, 3.63) is 71.7 Å². The monoisotopic (exact) mass is 428 g/mol. The Bertz CT molecular complexity index is 1020. The van der Waals surface area contributed by atoms with Crippen LogP contribution in [0.1, 0.15) is 29.3 Å². The van der Waals surface area contributed by atoms with Gasteiger partial charge in [-0.3, -0.25) is 4.79 Å². The highest BCUT2D eigenvalue weighted by Gasteiger charge is 2.34. The molecule has 0 spiro atoms. The molecule has 0 aliphatic carbocycles. The summed E-state index contributed by atoms with van der Waals surface area (Å²) in [5, 5.41) is 4.69. The second-order valence-corrected chi connectivity index (χ2v) is 7.82. The zero-order valence-electron chi connectivity index (χ0n) is 17.1. The van der Waals surface area contributed by atoms with E-state index in [4.69, 9.17) is 5.73 Å². The minimum atomic E-state index is -0.310. The fourth-order valence-corrected chi connectivity index (χ4v) is 3.93. The summed E-state index contributed by atoms with van der Waals surface area (Å²) in [6.07, 6.45) is 2.65. The first-order valence-electron chi connectivity index (χ1n) is 9.90. The summed E-state index contributed by atoms with van der Waals surface area (Å²) >= 11 is 0. The summed E-state index contributed by atoms with van der Waals surface area (Å²) in [5.74, 6) is -0.0315. The number of carbonyl (C=O) groups excluding carboxylic acids is 1. The molecule has 30 heavy (non-hydrogen) atoms. The molecule has 1 aliphatic heterocycles. The van der Waals surface area contributed by atoms with Crippen molar-refractivity contribution < 1.29 is 9.18 Å². The first-order chi connectivity index (χ1) is 14.0. The molecule has 158 valence electrons. The van der Waals surface area contributed by atoms with Gasteiger partial charge in [-0.05, 0) is 57.0 Å². The molecule has 1 saturated heterocycles. The molecule has 1 amide bonds. The van der Waals surface area contributed by atoms with Crippen LogP contribution in [0.15, 0.2) is 54.7 Å². The van der Waals surface area contributed by atoms with Gasteiger partial charge in [0.05, 0.1) is 11.3 Å². The molecule has 1 aliphatic rings. The molecule has 1 aromatic heterocycles. The molecule has 0 saturated carbocycles. The van der Waals surface area contributed by atoms with E-state index in [-0.39, 0.29) is 30.2 Å². The van der Waals surface area contributed by atoms with Crippen LogP contribution >= 0.6 is 12.4 Å². The number of rotatable bonds is 4. The van der Waals surface area contributed by atoms with E-state index < -0.39 is 0 Å². The highest BCUT2D eigenvalue weighted by atomic mass is 35.5. The van der Waals surface area contributed by atoms with Gasteiger partial charge < -0.3 is 10.6 Å². The fourth-order valence-electron chi connectivity index (χ4n) is 3.93. The Hall–Kier alpha value is -2.70. The molecule has 7 heteroatoms. The lowest BCUT2D eigenvalue weighted by atomic mass is 10.1. The van der Waals surface area contributed by atoms with Crippen molar-refractivity contribution in [2.45, 2.75) is 26.3 Å². The normalized spacial score (nSPS) is 18.3. The summed E-state index contributed by atoms with van der Waals surface area (Å²) in [6.45, 7) is 5.31. The third-order valence-electron chi connectivity index (χ3n) is 5.62. The van der Waals surface area contributed by atoms with Crippen LogP contribution in [0.5, 0.6) is 0 Å². The Labute approximate surface area is 182 Å². The molecule has 2 unspecified atom stereocenters. The van der Waals surface area contributed by atoms with Crippen LogP contribution < -0.4 is 5.73 Å². The molecule has 4 rings (SSSR count). The van der Waals surface area contributed by atoms with Crippen molar-refractivity contribution in [1.82, 2.24) is 14.7 Å². The highest BCUT2D eigenvalue weighted by Crippen LogP contribution is 2.29. The highest BCUT2D eigenvalue weighted by molar-refractivity contribution is 6.00. The fraction of sp³-hybridized carbons (Fsp3) is 0.304. The lowest BCUT2D eigenvalue weighted by Gasteiger charge is -2.21. The number of nitrogens with two attached hydrogens (primary N) is 1. The maximum Gasteiger partial charge on any atom is 0.257 e. The predicted octanol–water partition coefficient (Wildman–Crippen LogP) is 4.22. The average Bonchev–Trinajstić information content (AvgIpc) is 3.33. The number of amides is 1. The summed E-state index contributed by atoms with van der Waals surface area (Å²) in [6, 6.07) is 14.2. The van der Waals surface area contributed by atoms with Gasteiger partial charge in [-0.2, -0.15) is 5.10 Å². The number of carbonyl (C=O) groups is 1. The quantitative estimate of drug-likeness (QED) is 0.676. The Morgan fingerprint density at radius 1 is 1.17 bits per heavy atom. The summed E-state index contributed by atoms with van der Waals surface area (Å²) < 4.78 is 15.0. The molecule has 0 radical (unpaired) electrons. The molecule has 2 N–H and O–H groups in total. The van der Waals surface area contributed by atoms with Crippen molar-refractivity contribution >= 4 is 18.3 Å². The van der Waals surface area contributed by atoms with Gasteiger partial charge in [0.2, 0.25) is 0 Å². The zero-order valence-corrected chi connectivity index (χ0v) is 17.9. The van der Waals surface area contributed by atoms with Crippen LogP contribution in [0.4, 0.5) is 4.39 Å². The number of nitrogens with zero attached hydrogens (tertiary/aromatic N) is 3. The van der Waals surface area contributed by atoms with Crippen molar-refractivity contribution in [2.24, 2.45) is 11.7 Å². The maximum atomic E-state index is 13.5. The van der Waals surface area contributed by atoms with E-state index in [1.54, 1.807) is 23.0 Å². The second-order valence-electron chi connectivity index (χ2n) is 7.82. The minimum absolute atomic E-state index is 0. The Kier molecular flexibility index (Phi) is 6.58. The van der Waals surface area contributed by atoms with Crippen LogP contribution in [-0.2, 0) is 0 Å². The van der Waals surface area contributed by atoms with Crippen molar-refractivity contribution in [2.75, 3.05) is 13.1 Å². The molecular weight excluding hydrogens is 403 g/mol. The van der Waals surface area contributed by atoms with Crippen LogP contribution in [0.2, 0.25) is 0 Å². The van der Waals surface area contributed by atoms with Gasteiger partial charge in [0, 0.05) is 24.3 Å². The molecule has 2 aromatic carbocycles. The van der Waals surface area contributed by atoms with Gasteiger partial charge >= 0.3 is 0 Å². The maximum absolute atomic E-state index is 13.5. The van der Waals surface area contributed by atoms with Gasteiger partial charge in [-0.25, -0.2) is 9.07 Å². The summed E-state index contributed by atoms with van der Waals surface area (Å²) in [5.41, 5.74) is 9.73. The largest absolute Gasteiger partial charge is 0.335 e. The SMILES string of the molecule is Cc1ccc(-c2nn(-c3ccc(F)cc3)cc2C(=O)N2CC(CN)CC2C)cc1.Cl. The molecular formula is C23H26ClFN4O. The number of aromatic nitrogens is 2. The Morgan fingerprint density at radius 3 is 2.43 bits per heavy atom. The van der Waals surface area contributed by atoms with E-state index in [1.807, 2.05) is 36.1 Å². The van der Waals surface area contributed by atoms with Crippen LogP contribution in [0.25, 0.3) is 16.9 Å². The van der Waals surface area contributed by atoms with E-state index in [9.17, 15) is 9.18 Å². The van der Waals surface area contributed by atoms with E-state index in [1.165, 1.54) is 12.1 Å². The third-order valence-corrected chi connectivity index (χ3v) is 5.62. The molecule has 2 atom stereocenters. The number of hydrogen-bond donors (Lipinski definition) is 1. The number of likely N-dealkylation sites (tertiary alicyclic amines) is 1. The van der Waals surface area contributed by atoms with Gasteiger partial charge in [0.15, 0.2) is 0 Å². The number of benzene rings is 2. The molecule has 5 nitrogen and oxygen atoms in total. The van der Waals surface area contributed by atoms with E-state index >= 15 is 0 Å². The minimum Gasteiger partial charge on any atom is -0.335 e. The summed E-state index contributed by atoms with van der Waals surface area (Å²) in [4.78, 5) is 15.3. The lowest BCUT2D eigenvalue weighted by Crippen LogP contribution is -2.34. The molecule has 3 aromatic rings. The average molecular weight is 429 g/mol. The van der Waals surface area contributed by atoms with E-state index in [0.29, 0.717) is 36.0 Å². The van der Waals surface area contributed by atoms with Crippen molar-refractivity contribution in [1.29, 1.82) is 0 Å². The Morgan fingerprint density at radius 2 is 1.83 bits per heavy atom. The topological polar surface area (TPSA) is 64.2 Å². The van der Waals surface area contributed by atoms with E-state index in [0.717, 1.165) is 17.5 Å². The summed E-state index contributed by atoms with van der Waals surface area (Å²) in [7, 11) is 0. The lowest BCUT2D eigenvalue weighted by molar-refractivity contribution is 0.0744. The zero-order chi connectivity index (χ0) is 20.5. The molecule has 2 heterocycles. The van der Waals surface area contributed by atoms with Crippen molar-refractivity contribution in [3.8, 4) is 16.9 Å². The van der Waals surface area contributed by atoms with Gasteiger partial charge in [-0.1, -0.05) is 29.8 Å². The standard InChI is InChI=1S/C23H25FN4O.ClH/c1-15-3-5-18(6-4-15)22-21(23(29)27-13-17(12-25)11-16(27)2)14-28(26-22)20-9-7-19(24)8-10-20;/h3-10,14,16-17H,11-13,25H2,1-2H3;1H. The van der Waals surface area contributed by atoms with Crippen LogP contribution in [0, 0.1) is 18.7 Å². The van der Waals surface area contributed by atoms with Gasteiger partial charge in [-0.15, -0.1) is 12.4 Å². The first kappa shape index (κ1) is 22.0. The van der Waals surface area contributed by atoms with Crippen molar-refractivity contribution in [3.63, 3.8) is 0 Å². The second kappa shape index (κ2) is 8.98. The first-order valence-corrected chi connectivity index (χ1v) is 9.90. The number of hydrogen-bond acceptors (Lipinski definition) is 3. The predicted molar refractivity (Wildman–Crippen MR) is 119 cm³/mol. The molecule has 1 fully saturated rings. The smallest absolute Gasteiger partial charge is 0.257 e. The van der Waals surface area contributed by atoms with Crippen LogP contribution in [0.3, 0.4) is 0 Å². The van der Waals surface area contributed by atoms with E-state index in [2.05, 4.69) is 12.0 Å². The third kappa shape index (κ3) is 4.25. The van der Waals surface area contributed by atoms with Gasteiger partial charge in [0.25, 0.3) is 5.91 Å². The number of aryl methyl sites for hydroxylation is 1. The Balaban J connectivity index is 0.00000256. The van der Waals surface area contributed by atoms with Crippen LogP contribution in [-0.4, -0.2) is 39.7 Å². The van der Waals surface area contributed by atoms with Gasteiger partial charge in [0.1, 0.15) is 11.5 Å². The number of halogens is 2. The molecule has 0 bridgehead atoms.